The van der Waals surface area contributed by atoms with Gasteiger partial charge in [0.2, 0.25) is 0 Å². The van der Waals surface area contributed by atoms with Crippen LogP contribution in [0, 0.1) is 0 Å². The van der Waals surface area contributed by atoms with E-state index in [9.17, 15) is 0 Å². The van der Waals surface area contributed by atoms with Gasteiger partial charge in [0.15, 0.2) is 0 Å². The average molecular weight is 681 g/mol. The van der Waals surface area contributed by atoms with Crippen molar-refractivity contribution in [2.75, 3.05) is 0 Å². The Bertz CT molecular complexity index is 3360. The minimum absolute atomic E-state index is 1.09. The number of hydrogen-bond acceptors (Lipinski definition) is 1. The quantitative estimate of drug-likeness (QED) is 0.176. The summed E-state index contributed by atoms with van der Waals surface area (Å²) in [5, 5.41) is 11.2. The summed E-state index contributed by atoms with van der Waals surface area (Å²) in [5.74, 6) is 0. The summed E-state index contributed by atoms with van der Waals surface area (Å²) in [5.41, 5.74) is 10.8. The first-order chi connectivity index (χ1) is 25.7. The fourth-order valence-electron chi connectivity index (χ4n) is 8.84. The smallest absolute Gasteiger partial charge is 0.0641 e. The molecule has 2 nitrogen and oxygen atoms in total. The molecule has 0 aliphatic carbocycles. The van der Waals surface area contributed by atoms with Crippen molar-refractivity contribution in [2.45, 2.75) is 6.92 Å². The highest BCUT2D eigenvalue weighted by Crippen LogP contribution is 2.45. The zero-order valence-corrected chi connectivity index (χ0v) is 29.4. The molecule has 11 rings (SSSR count). The van der Waals surface area contributed by atoms with Crippen molar-refractivity contribution < 1.29 is 0 Å². The van der Waals surface area contributed by atoms with Crippen LogP contribution in [0.5, 0.6) is 0 Å². The molecule has 3 heteroatoms. The van der Waals surface area contributed by atoms with Crippen LogP contribution in [-0.4, -0.2) is 8.97 Å². The van der Waals surface area contributed by atoms with E-state index in [-0.39, 0.29) is 0 Å². The number of rotatable bonds is 3. The zero-order valence-electron chi connectivity index (χ0n) is 28.6. The highest BCUT2D eigenvalue weighted by atomic mass is 32.1. The summed E-state index contributed by atoms with van der Waals surface area (Å²) in [7, 11) is 0. The van der Waals surface area contributed by atoms with E-state index in [4.69, 9.17) is 0 Å². The molecule has 0 saturated heterocycles. The molecule has 0 fully saturated rings. The van der Waals surface area contributed by atoms with Crippen molar-refractivity contribution in [3.8, 4) is 16.8 Å². The Balaban J connectivity index is 1.41. The lowest BCUT2D eigenvalue weighted by Crippen LogP contribution is -1.94. The summed E-state index contributed by atoms with van der Waals surface area (Å²) in [4.78, 5) is 0. The van der Waals surface area contributed by atoms with Crippen molar-refractivity contribution in [1.29, 1.82) is 0 Å². The Kier molecular flexibility index (Phi) is 6.22. The summed E-state index contributed by atoms with van der Waals surface area (Å²) < 4.78 is 7.38. The first-order valence-corrected chi connectivity index (χ1v) is 18.7. The number of thiophene rings is 1. The second kappa shape index (κ2) is 11.0. The topological polar surface area (TPSA) is 9.34 Å². The molecule has 0 aliphatic rings. The predicted octanol–water partition coefficient (Wildman–Crippen LogP) is 13.3. The molecule has 4 heterocycles. The molecule has 0 saturated carbocycles. The van der Waals surface area contributed by atoms with Gasteiger partial charge in [-0.2, -0.15) is 0 Å². The van der Waals surface area contributed by atoms with Gasteiger partial charge >= 0.3 is 0 Å². The van der Waals surface area contributed by atoms with Crippen LogP contribution < -0.4 is 4.53 Å². The number of benzene rings is 7. The molecule has 7 aromatic carbocycles. The normalized spacial score (nSPS) is 12.3. The minimum Gasteiger partial charge on any atom is -0.309 e. The molecule has 0 bridgehead atoms. The summed E-state index contributed by atoms with van der Waals surface area (Å²) >= 11 is 1.79. The van der Waals surface area contributed by atoms with Gasteiger partial charge in [0, 0.05) is 52.6 Å². The molecule has 0 atom stereocenters. The number of allylic oxidation sites excluding steroid dienone is 1. The average Bonchev–Trinajstić information content (AvgIpc) is 3.84. The van der Waals surface area contributed by atoms with Crippen LogP contribution in [0.15, 0.2) is 158 Å². The molecular formula is C49H32N2S. The molecule has 0 amide bonds. The van der Waals surface area contributed by atoms with Crippen LogP contribution >= 0.6 is 11.3 Å². The molecule has 0 spiro atoms. The van der Waals surface area contributed by atoms with Gasteiger partial charge in [-0.3, -0.25) is 0 Å². The molecular weight excluding hydrogens is 649 g/mol. The van der Waals surface area contributed by atoms with E-state index in [1.54, 1.807) is 11.3 Å². The van der Waals surface area contributed by atoms with E-state index < -0.39 is 0 Å². The standard InChI is InChI=1S/C49H32N2S/c1-3-13-38-35-17-8-7-16-34(35)36-18-9-12-21-42(36)51-43-28-26-39-37-19-10-11-20-41(37)50(33-24-22-32(23-25-33)31-14-5-4-6-15-31)48(39)46(43)40-27-29-44-47(49(40)51)45(38)30(2)52-44/h3-29H,2H2,1H3/b13-3-,45-38?. The number of nitrogens with zero attached hydrogens (tertiary/aromatic N) is 2. The van der Waals surface area contributed by atoms with Gasteiger partial charge in [-0.05, 0) is 70.8 Å². The van der Waals surface area contributed by atoms with Gasteiger partial charge < -0.3 is 8.97 Å². The minimum atomic E-state index is 1.09. The second-order valence-electron chi connectivity index (χ2n) is 13.7. The summed E-state index contributed by atoms with van der Waals surface area (Å²) in [6.45, 7) is 6.80. The van der Waals surface area contributed by atoms with Gasteiger partial charge in [-0.25, -0.2) is 0 Å². The van der Waals surface area contributed by atoms with Crippen molar-refractivity contribution in [3.63, 3.8) is 0 Å². The molecule has 0 radical (unpaired) electrons. The van der Waals surface area contributed by atoms with Gasteiger partial charge in [0.25, 0.3) is 0 Å². The molecule has 4 aromatic heterocycles. The molecule has 0 unspecified atom stereocenters. The lowest BCUT2D eigenvalue weighted by atomic mass is 9.99. The van der Waals surface area contributed by atoms with E-state index in [1.807, 2.05) is 0 Å². The van der Waals surface area contributed by atoms with Crippen molar-refractivity contribution >= 4 is 105 Å². The van der Waals surface area contributed by atoms with Crippen LogP contribution in [0.1, 0.15) is 12.5 Å². The van der Waals surface area contributed by atoms with E-state index in [0.717, 1.165) is 10.2 Å². The van der Waals surface area contributed by atoms with Crippen LogP contribution in [0.2, 0.25) is 0 Å². The van der Waals surface area contributed by atoms with Crippen molar-refractivity contribution in [1.82, 2.24) is 8.97 Å². The van der Waals surface area contributed by atoms with E-state index >= 15 is 0 Å². The SMILES string of the molecule is C=c1sc2ccc3c4c5c(ccc4n4c6ccccc6c6ccccc6c(/C=C\C)c1c2c34)c1ccccc1n5-c1ccc(-c2ccccc2)cc1. The largest absolute Gasteiger partial charge is 0.309 e. The van der Waals surface area contributed by atoms with Crippen LogP contribution in [0.4, 0.5) is 0 Å². The van der Waals surface area contributed by atoms with Gasteiger partial charge in [-0.1, -0.05) is 134 Å². The maximum absolute atomic E-state index is 4.69. The van der Waals surface area contributed by atoms with Gasteiger partial charge in [-0.15, -0.1) is 11.3 Å². The molecule has 11 aromatic rings. The summed E-state index contributed by atoms with van der Waals surface area (Å²) in [6.07, 6.45) is 4.45. The number of aromatic nitrogens is 2. The molecule has 0 aliphatic heterocycles. The Morgan fingerprint density at radius 2 is 1.12 bits per heavy atom. The maximum Gasteiger partial charge on any atom is 0.0641 e. The van der Waals surface area contributed by atoms with E-state index in [1.165, 1.54) is 97.4 Å². The highest BCUT2D eigenvalue weighted by Gasteiger charge is 2.23. The predicted molar refractivity (Wildman–Crippen MR) is 227 cm³/mol. The third-order valence-corrected chi connectivity index (χ3v) is 11.9. The first-order valence-electron chi connectivity index (χ1n) is 17.8. The van der Waals surface area contributed by atoms with Crippen molar-refractivity contribution in [3.05, 3.63) is 168 Å². The fraction of sp³-hybridized carbons (Fsp3) is 0.0204. The lowest BCUT2D eigenvalue weighted by molar-refractivity contribution is 1.19. The Morgan fingerprint density at radius 1 is 0.481 bits per heavy atom. The first kappa shape index (κ1) is 29.3. The third-order valence-electron chi connectivity index (χ3n) is 10.9. The van der Waals surface area contributed by atoms with E-state index in [0.29, 0.717) is 0 Å². The van der Waals surface area contributed by atoms with Crippen LogP contribution in [0.3, 0.4) is 0 Å². The maximum atomic E-state index is 4.69. The monoisotopic (exact) mass is 680 g/mol. The van der Waals surface area contributed by atoms with Crippen LogP contribution in [0.25, 0.3) is 110 Å². The number of fused-ring (bicyclic) bond motifs is 11. The van der Waals surface area contributed by atoms with E-state index in [2.05, 4.69) is 186 Å². The number of para-hydroxylation sites is 2. The Morgan fingerprint density at radius 3 is 1.88 bits per heavy atom. The van der Waals surface area contributed by atoms with Gasteiger partial charge in [0.05, 0.1) is 27.6 Å². The lowest BCUT2D eigenvalue weighted by Gasteiger charge is -2.10. The summed E-state index contributed by atoms with van der Waals surface area (Å²) in [6, 6.07) is 55.7. The Hall–Kier alpha value is -6.42. The third kappa shape index (κ3) is 3.94. The molecule has 0 N–H and O–H groups in total. The van der Waals surface area contributed by atoms with Crippen LogP contribution in [-0.2, 0) is 0 Å². The molecule has 52 heavy (non-hydrogen) atoms. The fourth-order valence-corrected chi connectivity index (χ4v) is 9.85. The number of hydrogen-bond donors (Lipinski definition) is 0. The zero-order chi connectivity index (χ0) is 34.5. The molecule has 244 valence electrons. The van der Waals surface area contributed by atoms with Gasteiger partial charge in [0.1, 0.15) is 0 Å². The Labute approximate surface area is 304 Å². The second-order valence-corrected chi connectivity index (χ2v) is 14.8. The van der Waals surface area contributed by atoms with Crippen molar-refractivity contribution in [2.24, 2.45) is 0 Å². The highest BCUT2D eigenvalue weighted by molar-refractivity contribution is 7.18.